The van der Waals surface area contributed by atoms with Gasteiger partial charge in [-0.2, -0.15) is 0 Å². The van der Waals surface area contributed by atoms with E-state index < -0.39 is 0 Å². The summed E-state index contributed by atoms with van der Waals surface area (Å²) in [6.45, 7) is 7.09. The van der Waals surface area contributed by atoms with E-state index in [1.807, 2.05) is 4.90 Å². The summed E-state index contributed by atoms with van der Waals surface area (Å²) in [6, 6.07) is 17.3. The first-order valence-electron chi connectivity index (χ1n) is 12.0. The van der Waals surface area contributed by atoms with Crippen molar-refractivity contribution in [3.05, 3.63) is 59.7 Å². The summed E-state index contributed by atoms with van der Waals surface area (Å²) in [7, 11) is 1.75. The molecule has 1 saturated heterocycles. The lowest BCUT2D eigenvalue weighted by molar-refractivity contribution is 0.0260. The molecule has 5 heteroatoms. The van der Waals surface area contributed by atoms with Gasteiger partial charge in [0, 0.05) is 26.7 Å². The van der Waals surface area contributed by atoms with Crippen LogP contribution in [-0.4, -0.2) is 54.8 Å². The van der Waals surface area contributed by atoms with E-state index >= 15 is 0 Å². The number of hydrogen-bond donors (Lipinski definition) is 0. The number of likely N-dealkylation sites (N-methyl/N-ethyl adjacent to an activating group) is 1. The summed E-state index contributed by atoms with van der Waals surface area (Å²) in [6.07, 6.45) is 5.43. The molecule has 1 heterocycles. The molecule has 1 saturated carbocycles. The first-order valence-corrected chi connectivity index (χ1v) is 12.0. The zero-order valence-electron chi connectivity index (χ0n) is 19.5. The number of nitrogens with zero attached hydrogens (tertiary/aromatic N) is 2. The maximum Gasteiger partial charge on any atom is 0.410 e. The van der Waals surface area contributed by atoms with Crippen LogP contribution in [0, 0.1) is 0 Å². The van der Waals surface area contributed by atoms with Crippen molar-refractivity contribution >= 4 is 6.09 Å². The lowest BCUT2D eigenvalue weighted by Gasteiger charge is -2.30. The molecule has 0 atom stereocenters. The second-order valence-corrected chi connectivity index (χ2v) is 9.18. The largest absolute Gasteiger partial charge is 0.441 e. The van der Waals surface area contributed by atoms with E-state index in [2.05, 4.69) is 60.4 Å². The second kappa shape index (κ2) is 10.5. The number of benzene rings is 2. The molecular formula is C27H36N2O3. The Morgan fingerprint density at radius 2 is 1.81 bits per heavy atom. The summed E-state index contributed by atoms with van der Waals surface area (Å²) in [5.41, 5.74) is 4.70. The highest BCUT2D eigenvalue weighted by atomic mass is 16.6. The molecule has 1 aliphatic heterocycles. The topological polar surface area (TPSA) is 42.0 Å². The van der Waals surface area contributed by atoms with Crippen molar-refractivity contribution in [1.82, 2.24) is 9.80 Å². The number of amides is 1. The van der Waals surface area contributed by atoms with Crippen molar-refractivity contribution in [3.63, 3.8) is 0 Å². The van der Waals surface area contributed by atoms with Gasteiger partial charge >= 0.3 is 6.09 Å². The summed E-state index contributed by atoms with van der Waals surface area (Å²) in [5.74, 6) is 0. The third kappa shape index (κ3) is 5.33. The van der Waals surface area contributed by atoms with Gasteiger partial charge in [-0.25, -0.2) is 4.79 Å². The standard InChI is InChI=1S/C27H36N2O3/c1-3-28(17-18-31-2)20-24-9-5-6-10-25(24)23-13-11-22(12-14-23)19-29-21-27(32-26(29)30)15-7-4-8-16-27/h5-6,9-14H,3-4,7-8,15-21H2,1-2H3. The van der Waals surface area contributed by atoms with Crippen molar-refractivity contribution in [2.24, 2.45) is 0 Å². The van der Waals surface area contributed by atoms with Gasteiger partial charge in [0.15, 0.2) is 0 Å². The van der Waals surface area contributed by atoms with Crippen LogP contribution in [0.4, 0.5) is 4.79 Å². The Balaban J connectivity index is 1.43. The van der Waals surface area contributed by atoms with Crippen molar-refractivity contribution < 1.29 is 14.3 Å². The van der Waals surface area contributed by atoms with Crippen molar-refractivity contribution in [3.8, 4) is 11.1 Å². The number of methoxy groups -OCH3 is 1. The number of hydrogen-bond acceptors (Lipinski definition) is 4. The quantitative estimate of drug-likeness (QED) is 0.522. The zero-order chi connectivity index (χ0) is 22.4. The molecule has 1 amide bonds. The normalized spacial score (nSPS) is 17.8. The average molecular weight is 437 g/mol. The van der Waals surface area contributed by atoms with Crippen molar-refractivity contribution in [1.29, 1.82) is 0 Å². The Hall–Kier alpha value is -2.37. The predicted molar refractivity (Wildman–Crippen MR) is 127 cm³/mol. The summed E-state index contributed by atoms with van der Waals surface area (Å²) < 4.78 is 11.1. The molecule has 1 aliphatic carbocycles. The monoisotopic (exact) mass is 436 g/mol. The van der Waals surface area contributed by atoms with Crippen LogP contribution in [0.25, 0.3) is 11.1 Å². The molecule has 0 radical (unpaired) electrons. The highest BCUT2D eigenvalue weighted by molar-refractivity contribution is 5.71. The van der Waals surface area contributed by atoms with E-state index in [1.54, 1.807) is 7.11 Å². The molecule has 2 aromatic rings. The van der Waals surface area contributed by atoms with E-state index in [9.17, 15) is 4.79 Å². The Morgan fingerprint density at radius 1 is 1.06 bits per heavy atom. The molecule has 32 heavy (non-hydrogen) atoms. The minimum Gasteiger partial charge on any atom is -0.441 e. The smallest absolute Gasteiger partial charge is 0.410 e. The van der Waals surface area contributed by atoms with Crippen LogP contribution in [0.3, 0.4) is 0 Å². The third-order valence-corrected chi connectivity index (χ3v) is 6.91. The number of rotatable bonds is 9. The molecule has 2 fully saturated rings. The van der Waals surface area contributed by atoms with Crippen LogP contribution in [0.5, 0.6) is 0 Å². The van der Waals surface area contributed by atoms with Gasteiger partial charge in [0.2, 0.25) is 0 Å². The molecule has 0 N–H and O–H groups in total. The van der Waals surface area contributed by atoms with Crippen LogP contribution in [0.2, 0.25) is 0 Å². The van der Waals surface area contributed by atoms with Gasteiger partial charge in [-0.05, 0) is 54.5 Å². The van der Waals surface area contributed by atoms with Crippen molar-refractivity contribution in [2.75, 3.05) is 33.4 Å². The predicted octanol–water partition coefficient (Wildman–Crippen LogP) is 5.48. The Kier molecular flexibility index (Phi) is 7.48. The molecule has 4 rings (SSSR count). The SMILES string of the molecule is CCN(CCOC)Cc1ccccc1-c1ccc(CN2CC3(CCCCC3)OC2=O)cc1. The van der Waals surface area contributed by atoms with Crippen molar-refractivity contribution in [2.45, 2.75) is 57.7 Å². The lowest BCUT2D eigenvalue weighted by Crippen LogP contribution is -2.36. The van der Waals surface area contributed by atoms with E-state index in [1.165, 1.54) is 23.1 Å². The highest BCUT2D eigenvalue weighted by Crippen LogP contribution is 2.37. The van der Waals surface area contributed by atoms with Gasteiger partial charge in [0.1, 0.15) is 5.60 Å². The van der Waals surface area contributed by atoms with Gasteiger partial charge in [0.25, 0.3) is 0 Å². The van der Waals surface area contributed by atoms with Crippen LogP contribution >= 0.6 is 0 Å². The molecule has 0 bridgehead atoms. The number of ether oxygens (including phenoxy) is 2. The van der Waals surface area contributed by atoms with Gasteiger partial charge in [0.05, 0.1) is 13.2 Å². The highest BCUT2D eigenvalue weighted by Gasteiger charge is 2.45. The van der Waals surface area contributed by atoms with Gasteiger partial charge in [-0.1, -0.05) is 61.9 Å². The van der Waals surface area contributed by atoms with Crippen LogP contribution < -0.4 is 0 Å². The molecular weight excluding hydrogens is 400 g/mol. The minimum atomic E-state index is -0.234. The van der Waals surface area contributed by atoms with Crippen LogP contribution in [0.1, 0.15) is 50.2 Å². The molecule has 0 aromatic heterocycles. The molecule has 1 spiro atoms. The molecule has 5 nitrogen and oxygen atoms in total. The minimum absolute atomic E-state index is 0.156. The fourth-order valence-corrected chi connectivity index (χ4v) is 5.03. The molecule has 0 unspecified atom stereocenters. The zero-order valence-corrected chi connectivity index (χ0v) is 19.5. The molecule has 2 aliphatic rings. The summed E-state index contributed by atoms with van der Waals surface area (Å²) in [5, 5.41) is 0. The maximum atomic E-state index is 12.5. The Morgan fingerprint density at radius 3 is 2.53 bits per heavy atom. The third-order valence-electron chi connectivity index (χ3n) is 6.91. The maximum absolute atomic E-state index is 12.5. The van der Waals surface area contributed by atoms with E-state index in [-0.39, 0.29) is 11.7 Å². The fraction of sp³-hybridized carbons (Fsp3) is 0.519. The van der Waals surface area contributed by atoms with Gasteiger partial charge < -0.3 is 9.47 Å². The van der Waals surface area contributed by atoms with Gasteiger partial charge in [-0.15, -0.1) is 0 Å². The fourth-order valence-electron chi connectivity index (χ4n) is 5.03. The number of carbonyl (C=O) groups excluding carboxylic acids is 1. The molecule has 2 aromatic carbocycles. The van der Waals surface area contributed by atoms with E-state index in [4.69, 9.17) is 9.47 Å². The Bertz CT molecular complexity index is 890. The average Bonchev–Trinajstić information content (AvgIpc) is 3.11. The molecule has 172 valence electrons. The van der Waals surface area contributed by atoms with E-state index in [0.29, 0.717) is 6.54 Å². The summed E-state index contributed by atoms with van der Waals surface area (Å²) in [4.78, 5) is 16.8. The Labute approximate surface area is 192 Å². The first kappa shape index (κ1) is 22.8. The number of carbonyl (C=O) groups is 1. The van der Waals surface area contributed by atoms with Crippen LogP contribution in [-0.2, 0) is 22.6 Å². The summed E-state index contributed by atoms with van der Waals surface area (Å²) >= 11 is 0. The van der Waals surface area contributed by atoms with E-state index in [0.717, 1.165) is 64.0 Å². The second-order valence-electron chi connectivity index (χ2n) is 9.18. The van der Waals surface area contributed by atoms with Gasteiger partial charge in [-0.3, -0.25) is 9.80 Å². The lowest BCUT2D eigenvalue weighted by atomic mass is 9.85. The van der Waals surface area contributed by atoms with Crippen LogP contribution in [0.15, 0.2) is 48.5 Å². The first-order chi connectivity index (χ1) is 15.6.